The van der Waals surface area contributed by atoms with Gasteiger partial charge in [-0.25, -0.2) is 9.69 Å². The number of nitrogens with one attached hydrogen (secondary N) is 1. The average Bonchev–Trinajstić information content (AvgIpc) is 3.21. The Kier molecular flexibility index (Phi) is 6.15. The van der Waals surface area contributed by atoms with Gasteiger partial charge < -0.3 is 14.2 Å². The second-order valence-corrected chi connectivity index (χ2v) is 8.95. The largest absolute Gasteiger partial charge is 0.378 e. The number of aromatic nitrogens is 1. The average molecular weight is 487 g/mol. The van der Waals surface area contributed by atoms with Gasteiger partial charge in [0.1, 0.15) is 12.1 Å². The first-order chi connectivity index (χ1) is 17.3. The Balaban J connectivity index is 1.51. The van der Waals surface area contributed by atoms with Crippen molar-refractivity contribution >= 4 is 46.4 Å². The van der Waals surface area contributed by atoms with Gasteiger partial charge in [0.2, 0.25) is 5.91 Å². The molecular weight excluding hydrogens is 460 g/mol. The Morgan fingerprint density at radius 1 is 1.03 bits per heavy atom. The van der Waals surface area contributed by atoms with Crippen LogP contribution in [0.15, 0.2) is 54.2 Å². The van der Waals surface area contributed by atoms with E-state index in [1.165, 1.54) is 6.08 Å². The van der Waals surface area contributed by atoms with Crippen molar-refractivity contribution in [2.75, 3.05) is 31.2 Å². The zero-order valence-corrected chi connectivity index (χ0v) is 20.1. The minimum absolute atomic E-state index is 0.0312. The number of urea groups is 1. The molecule has 2 fully saturated rings. The van der Waals surface area contributed by atoms with Crippen molar-refractivity contribution in [2.45, 2.75) is 20.4 Å². The van der Waals surface area contributed by atoms with Gasteiger partial charge in [0.25, 0.3) is 11.8 Å². The van der Waals surface area contributed by atoms with Gasteiger partial charge in [-0.1, -0.05) is 24.3 Å². The Labute approximate surface area is 207 Å². The lowest BCUT2D eigenvalue weighted by atomic mass is 10.0. The van der Waals surface area contributed by atoms with E-state index < -0.39 is 17.8 Å². The van der Waals surface area contributed by atoms with Crippen LogP contribution in [0.5, 0.6) is 0 Å². The maximum atomic E-state index is 13.4. The number of barbiturate groups is 1. The van der Waals surface area contributed by atoms with E-state index in [-0.39, 0.29) is 18.0 Å². The third-order valence-electron chi connectivity index (χ3n) is 6.64. The predicted molar refractivity (Wildman–Crippen MR) is 134 cm³/mol. The van der Waals surface area contributed by atoms with E-state index >= 15 is 0 Å². The summed E-state index contributed by atoms with van der Waals surface area (Å²) in [5, 5.41) is 3.06. The second kappa shape index (κ2) is 9.43. The Morgan fingerprint density at radius 2 is 1.78 bits per heavy atom. The number of imide groups is 2. The van der Waals surface area contributed by atoms with Gasteiger partial charge in [-0.3, -0.25) is 19.7 Å². The molecule has 3 heterocycles. The maximum Gasteiger partial charge on any atom is 0.335 e. The molecule has 9 nitrogen and oxygen atoms in total. The number of fused-ring (bicyclic) bond motifs is 1. The van der Waals surface area contributed by atoms with Crippen molar-refractivity contribution in [3.05, 3.63) is 70.9 Å². The summed E-state index contributed by atoms with van der Waals surface area (Å²) in [6.07, 6.45) is 3.24. The number of para-hydroxylation sites is 1. The van der Waals surface area contributed by atoms with Crippen LogP contribution in [0.2, 0.25) is 0 Å². The normalized spacial score (nSPS) is 17.7. The van der Waals surface area contributed by atoms with E-state index in [1.807, 2.05) is 48.7 Å². The molecule has 2 saturated heterocycles. The van der Waals surface area contributed by atoms with Crippen molar-refractivity contribution in [3.8, 4) is 0 Å². The predicted octanol–water partition coefficient (Wildman–Crippen LogP) is 2.78. The molecule has 184 valence electrons. The highest BCUT2D eigenvalue weighted by molar-refractivity contribution is 6.39. The number of aryl methyl sites for hydroxylation is 2. The van der Waals surface area contributed by atoms with Crippen LogP contribution in [0, 0.1) is 13.8 Å². The summed E-state index contributed by atoms with van der Waals surface area (Å²) in [5.74, 6) is -1.49. The van der Waals surface area contributed by atoms with Gasteiger partial charge >= 0.3 is 6.03 Å². The summed E-state index contributed by atoms with van der Waals surface area (Å²) >= 11 is 0. The first-order valence-corrected chi connectivity index (χ1v) is 11.8. The molecule has 0 spiro atoms. The summed E-state index contributed by atoms with van der Waals surface area (Å²) in [4.78, 5) is 54.3. The highest BCUT2D eigenvalue weighted by atomic mass is 16.5. The lowest BCUT2D eigenvalue weighted by molar-refractivity contribution is -0.135. The molecule has 0 radical (unpaired) electrons. The SMILES string of the molecule is Cc1ccc(N2C(=O)NC(=O)/C(=C\c3cn(CC(=O)N4CCOCC4)c4ccccc34)C2=O)cc1C. The van der Waals surface area contributed by atoms with Crippen molar-refractivity contribution in [1.82, 2.24) is 14.8 Å². The number of benzene rings is 2. The van der Waals surface area contributed by atoms with Crippen LogP contribution in [0.25, 0.3) is 17.0 Å². The van der Waals surface area contributed by atoms with Gasteiger partial charge in [0, 0.05) is 35.8 Å². The van der Waals surface area contributed by atoms with Crippen molar-refractivity contribution in [1.29, 1.82) is 0 Å². The smallest absolute Gasteiger partial charge is 0.335 e. The van der Waals surface area contributed by atoms with E-state index in [2.05, 4.69) is 5.32 Å². The van der Waals surface area contributed by atoms with E-state index in [4.69, 9.17) is 4.74 Å². The third kappa shape index (κ3) is 4.29. The molecule has 1 aromatic heterocycles. The van der Waals surface area contributed by atoms with Gasteiger partial charge in [-0.05, 0) is 49.2 Å². The number of nitrogens with zero attached hydrogens (tertiary/aromatic N) is 3. The lowest BCUT2D eigenvalue weighted by Gasteiger charge is -2.27. The summed E-state index contributed by atoms with van der Waals surface area (Å²) in [6, 6.07) is 11.9. The van der Waals surface area contributed by atoms with Crippen LogP contribution in [0.4, 0.5) is 10.5 Å². The van der Waals surface area contributed by atoms with Crippen molar-refractivity contribution in [3.63, 3.8) is 0 Å². The number of morpholine rings is 1. The fourth-order valence-electron chi connectivity index (χ4n) is 4.49. The molecule has 9 heteroatoms. The van der Waals surface area contributed by atoms with Crippen molar-refractivity contribution in [2.24, 2.45) is 0 Å². The summed E-state index contributed by atoms with van der Waals surface area (Å²) in [5.41, 5.74) is 3.58. The van der Waals surface area contributed by atoms with Gasteiger partial charge in [0.15, 0.2) is 0 Å². The number of carbonyl (C=O) groups excluding carboxylic acids is 4. The van der Waals surface area contributed by atoms with E-state index in [0.717, 1.165) is 26.9 Å². The quantitative estimate of drug-likeness (QED) is 0.452. The minimum Gasteiger partial charge on any atom is -0.378 e. The topological polar surface area (TPSA) is 101 Å². The first-order valence-electron chi connectivity index (χ1n) is 11.8. The maximum absolute atomic E-state index is 13.4. The summed E-state index contributed by atoms with van der Waals surface area (Å²) in [7, 11) is 0. The minimum atomic E-state index is -0.788. The van der Waals surface area contributed by atoms with Gasteiger partial charge in [-0.2, -0.15) is 0 Å². The van der Waals surface area contributed by atoms with Crippen molar-refractivity contribution < 1.29 is 23.9 Å². The second-order valence-electron chi connectivity index (χ2n) is 8.95. The molecule has 0 saturated carbocycles. The number of amides is 5. The molecule has 2 aromatic carbocycles. The molecule has 2 aliphatic rings. The first kappa shape index (κ1) is 23.5. The molecular formula is C27H26N4O5. The molecule has 2 aliphatic heterocycles. The Bertz CT molecular complexity index is 1430. The fourth-order valence-corrected chi connectivity index (χ4v) is 4.49. The fraction of sp³-hybridized carbons (Fsp3) is 0.259. The van der Waals surface area contributed by atoms with Crippen LogP contribution in [0.1, 0.15) is 16.7 Å². The molecule has 0 aliphatic carbocycles. The van der Waals surface area contributed by atoms with E-state index in [0.29, 0.717) is 37.6 Å². The molecule has 3 aromatic rings. The molecule has 5 rings (SSSR count). The molecule has 0 atom stereocenters. The summed E-state index contributed by atoms with van der Waals surface area (Å²) in [6.45, 7) is 6.08. The van der Waals surface area contributed by atoms with Crippen LogP contribution in [-0.2, 0) is 25.7 Å². The number of anilines is 1. The number of hydrogen-bond acceptors (Lipinski definition) is 5. The molecule has 1 N–H and O–H groups in total. The number of rotatable bonds is 4. The summed E-state index contributed by atoms with van der Waals surface area (Å²) < 4.78 is 7.15. The number of carbonyl (C=O) groups is 4. The lowest BCUT2D eigenvalue weighted by Crippen LogP contribution is -2.54. The van der Waals surface area contributed by atoms with Crippen LogP contribution in [-0.4, -0.2) is 59.5 Å². The standard InChI is InChI=1S/C27H26N4O5/c1-17-7-8-20(13-18(17)2)31-26(34)22(25(33)28-27(31)35)14-19-15-30(23-6-4-3-5-21(19)23)16-24(32)29-9-11-36-12-10-29/h3-8,13-15H,9-12,16H2,1-2H3,(H,28,33,35)/b22-14+. The molecule has 36 heavy (non-hydrogen) atoms. The molecule has 5 amide bonds. The third-order valence-corrected chi connectivity index (χ3v) is 6.64. The van der Waals surface area contributed by atoms with Gasteiger partial charge in [-0.15, -0.1) is 0 Å². The Morgan fingerprint density at radius 3 is 2.53 bits per heavy atom. The van der Waals surface area contributed by atoms with Crippen LogP contribution < -0.4 is 10.2 Å². The number of ether oxygens (including phenoxy) is 1. The molecule has 0 bridgehead atoms. The highest BCUT2D eigenvalue weighted by Crippen LogP contribution is 2.27. The van der Waals surface area contributed by atoms with Crippen LogP contribution >= 0.6 is 0 Å². The number of hydrogen-bond donors (Lipinski definition) is 1. The van der Waals surface area contributed by atoms with Crippen LogP contribution in [0.3, 0.4) is 0 Å². The monoisotopic (exact) mass is 486 g/mol. The van der Waals surface area contributed by atoms with E-state index in [1.54, 1.807) is 23.2 Å². The van der Waals surface area contributed by atoms with Gasteiger partial charge in [0.05, 0.1) is 18.9 Å². The highest BCUT2D eigenvalue weighted by Gasteiger charge is 2.37. The zero-order valence-electron chi connectivity index (χ0n) is 20.1. The zero-order chi connectivity index (χ0) is 25.4. The molecule has 0 unspecified atom stereocenters. The Hall–Kier alpha value is -4.24. The van der Waals surface area contributed by atoms with E-state index in [9.17, 15) is 19.2 Å².